The summed E-state index contributed by atoms with van der Waals surface area (Å²) in [4.78, 5) is 0. The van der Waals surface area contributed by atoms with E-state index in [9.17, 15) is 0 Å². The van der Waals surface area contributed by atoms with E-state index in [0.717, 1.165) is 0 Å². The number of rotatable bonds is 1. The van der Waals surface area contributed by atoms with Crippen molar-refractivity contribution in [1.29, 1.82) is 0 Å². The maximum atomic E-state index is 3.36. The maximum absolute atomic E-state index is 3.36. The second-order valence-electron chi connectivity index (χ2n) is 7.51. The molecule has 30 heavy (non-hydrogen) atoms. The van der Waals surface area contributed by atoms with Crippen LogP contribution in [0.2, 0.25) is 0 Å². The SMILES string of the molecule is CC1=[C-]C(C)C(C)=C1C.Cc1cc(C)cc(-c2c[cH-]c3ccccc23)c1.[CH3-].[CH3-].[Si]=[Zr]. The first kappa shape index (κ1) is 28.6. The van der Waals surface area contributed by atoms with Gasteiger partial charge in [-0.25, -0.2) is 5.57 Å². The Morgan fingerprint density at radius 1 is 0.900 bits per heavy atom. The van der Waals surface area contributed by atoms with Gasteiger partial charge in [0.1, 0.15) is 0 Å². The molecule has 0 bridgehead atoms. The Labute approximate surface area is 202 Å². The van der Waals surface area contributed by atoms with Crippen molar-refractivity contribution < 1.29 is 23.3 Å². The molecule has 0 fully saturated rings. The van der Waals surface area contributed by atoms with Crippen LogP contribution in [0.1, 0.15) is 38.8 Å². The van der Waals surface area contributed by atoms with E-state index in [1.54, 1.807) is 0 Å². The standard InChI is InChI=1S/C17H15.C9H13.2CH3.Si.Zr/c1-12-9-13(2)11-15(10-12)17-8-7-14-5-3-4-6-16(14)17;1-6-5-7(2)9(4)8(6)3;;;;/h3-11H,1-2H3;6H,1-4H3;2*1H3;;/q4*-1;;. The second-order valence-corrected chi connectivity index (χ2v) is 7.51. The van der Waals surface area contributed by atoms with Crippen molar-refractivity contribution in [3.8, 4) is 11.1 Å². The molecule has 3 aromatic rings. The van der Waals surface area contributed by atoms with Crippen LogP contribution in [0.25, 0.3) is 21.9 Å². The fourth-order valence-corrected chi connectivity index (χ4v) is 3.69. The van der Waals surface area contributed by atoms with Crippen molar-refractivity contribution >= 4 is 17.7 Å². The molecular formula is C28H34SiZr-4. The summed E-state index contributed by atoms with van der Waals surface area (Å²) < 4.78 is 0. The molecule has 1 unspecified atom stereocenters. The molecule has 0 saturated carbocycles. The number of fused-ring (bicyclic) bond motifs is 1. The van der Waals surface area contributed by atoms with Crippen LogP contribution < -0.4 is 0 Å². The van der Waals surface area contributed by atoms with E-state index in [-0.39, 0.29) is 14.9 Å². The van der Waals surface area contributed by atoms with Crippen molar-refractivity contribution in [2.75, 3.05) is 0 Å². The molecular weight excluding hydrogens is 456 g/mol. The summed E-state index contributed by atoms with van der Waals surface area (Å²) in [5.74, 6) is 0.560. The van der Waals surface area contributed by atoms with Gasteiger partial charge in [-0.15, -0.1) is 53.6 Å². The second kappa shape index (κ2) is 13.1. The third kappa shape index (κ3) is 6.82. The minimum absolute atomic E-state index is 0. The Balaban J connectivity index is 0.000000558. The molecule has 0 aliphatic heterocycles. The summed E-state index contributed by atoms with van der Waals surface area (Å²) in [6.45, 7) is 16.0. The number of hydrogen-bond acceptors (Lipinski definition) is 0. The Morgan fingerprint density at radius 3 is 1.93 bits per heavy atom. The normalized spacial score (nSPS) is 14.4. The summed E-state index contributed by atoms with van der Waals surface area (Å²) in [6.07, 6.45) is 3.36. The molecule has 4 rings (SSSR count). The zero-order valence-electron chi connectivity index (χ0n) is 19.8. The Morgan fingerprint density at radius 2 is 1.47 bits per heavy atom. The first-order valence-corrected chi connectivity index (χ1v) is 13.8. The molecule has 2 radical (unpaired) electrons. The summed E-state index contributed by atoms with van der Waals surface area (Å²) >= 11 is 1.36. The molecule has 0 N–H and O–H groups in total. The average molecular weight is 490 g/mol. The average Bonchev–Trinajstić information content (AvgIpc) is 3.20. The predicted molar refractivity (Wildman–Crippen MR) is 133 cm³/mol. The van der Waals surface area contributed by atoms with Gasteiger partial charge in [-0.3, -0.25) is 6.08 Å². The predicted octanol–water partition coefficient (Wildman–Crippen LogP) is 8.08. The van der Waals surface area contributed by atoms with Gasteiger partial charge >= 0.3 is 30.2 Å². The first-order chi connectivity index (χ1) is 13.4. The molecule has 1 aliphatic carbocycles. The molecule has 158 valence electrons. The molecule has 1 aliphatic rings. The summed E-state index contributed by atoms with van der Waals surface area (Å²) in [5.41, 5.74) is 9.56. The van der Waals surface area contributed by atoms with Crippen molar-refractivity contribution in [3.05, 3.63) is 103 Å². The number of benzene rings is 2. The van der Waals surface area contributed by atoms with Gasteiger partial charge in [0.25, 0.3) is 0 Å². The van der Waals surface area contributed by atoms with Crippen molar-refractivity contribution in [1.82, 2.24) is 0 Å². The van der Waals surface area contributed by atoms with E-state index < -0.39 is 0 Å². The Hall–Kier alpha value is -1.37. The molecule has 0 nitrogen and oxygen atoms in total. The van der Waals surface area contributed by atoms with E-state index in [0.29, 0.717) is 5.92 Å². The topological polar surface area (TPSA) is 0 Å². The van der Waals surface area contributed by atoms with Crippen LogP contribution in [0, 0.1) is 40.7 Å². The van der Waals surface area contributed by atoms with Crippen LogP contribution in [0.3, 0.4) is 0 Å². The monoisotopic (exact) mass is 488 g/mol. The van der Waals surface area contributed by atoms with Crippen molar-refractivity contribution in [2.45, 2.75) is 41.5 Å². The van der Waals surface area contributed by atoms with Gasteiger partial charge in [-0.05, 0) is 13.8 Å². The Bertz CT molecular complexity index is 1000. The molecule has 3 aromatic carbocycles. The van der Waals surface area contributed by atoms with Crippen molar-refractivity contribution in [2.24, 2.45) is 5.92 Å². The number of allylic oxidation sites excluding steroid dienone is 4. The third-order valence-corrected chi connectivity index (χ3v) is 5.45. The van der Waals surface area contributed by atoms with Gasteiger partial charge in [0, 0.05) is 0 Å². The minimum atomic E-state index is 0. The van der Waals surface area contributed by atoms with Gasteiger partial charge in [0.15, 0.2) is 0 Å². The van der Waals surface area contributed by atoms with Crippen LogP contribution in [-0.2, 0) is 23.3 Å². The molecule has 0 heterocycles. The van der Waals surface area contributed by atoms with Gasteiger partial charge in [-0.2, -0.15) is 11.1 Å². The molecule has 0 aromatic heterocycles. The molecule has 1 atom stereocenters. The van der Waals surface area contributed by atoms with E-state index in [1.807, 2.05) is 0 Å². The van der Waals surface area contributed by atoms with E-state index in [2.05, 4.69) is 109 Å². The van der Waals surface area contributed by atoms with Gasteiger partial charge in [-0.1, -0.05) is 67.6 Å². The van der Waals surface area contributed by atoms with E-state index >= 15 is 0 Å². The van der Waals surface area contributed by atoms with Crippen LogP contribution in [0.4, 0.5) is 0 Å². The van der Waals surface area contributed by atoms with Crippen LogP contribution >= 0.6 is 0 Å². The van der Waals surface area contributed by atoms with Gasteiger partial charge in [0.2, 0.25) is 0 Å². The van der Waals surface area contributed by atoms with E-state index in [4.69, 9.17) is 0 Å². The Kier molecular flexibility index (Phi) is 12.5. The van der Waals surface area contributed by atoms with E-state index in [1.165, 1.54) is 73.1 Å². The van der Waals surface area contributed by atoms with Crippen molar-refractivity contribution in [3.63, 3.8) is 0 Å². The third-order valence-electron chi connectivity index (χ3n) is 5.45. The molecule has 2 heteroatoms. The molecule has 0 spiro atoms. The molecule has 0 amide bonds. The fraction of sp³-hybridized carbons (Fsp3) is 0.250. The zero-order chi connectivity index (χ0) is 20.8. The number of hydrogen-bond donors (Lipinski definition) is 0. The van der Waals surface area contributed by atoms with Gasteiger partial charge in [0.05, 0.1) is 0 Å². The number of aryl methyl sites for hydroxylation is 2. The van der Waals surface area contributed by atoms with Crippen LogP contribution in [-0.4, -0.2) is 6.88 Å². The summed E-state index contributed by atoms with van der Waals surface area (Å²) in [7, 11) is 0. The summed E-state index contributed by atoms with van der Waals surface area (Å²) in [5, 5.41) is 2.67. The summed E-state index contributed by atoms with van der Waals surface area (Å²) in [6, 6.07) is 19.7. The van der Waals surface area contributed by atoms with Gasteiger partial charge < -0.3 is 14.9 Å². The van der Waals surface area contributed by atoms with Crippen LogP contribution in [0.15, 0.2) is 71.3 Å². The fourth-order valence-electron chi connectivity index (χ4n) is 3.69. The zero-order valence-corrected chi connectivity index (χ0v) is 23.2. The van der Waals surface area contributed by atoms with Crippen LogP contribution in [0.5, 0.6) is 0 Å². The molecule has 0 saturated heterocycles. The quantitative estimate of drug-likeness (QED) is 0.239. The first-order valence-electron chi connectivity index (χ1n) is 9.62.